The summed E-state index contributed by atoms with van der Waals surface area (Å²) >= 11 is 0. The van der Waals surface area contributed by atoms with E-state index in [9.17, 15) is 24.5 Å². The average Bonchev–Trinajstić information content (AvgIpc) is 3.21. The van der Waals surface area contributed by atoms with Gasteiger partial charge in [-0.1, -0.05) is 42.5 Å². The van der Waals surface area contributed by atoms with Gasteiger partial charge in [-0.2, -0.15) is 0 Å². The summed E-state index contributed by atoms with van der Waals surface area (Å²) < 4.78 is 18.2. The first-order valence-electron chi connectivity index (χ1n) is 13.8. The van der Waals surface area contributed by atoms with Crippen molar-refractivity contribution in [2.45, 2.75) is 96.0 Å². The summed E-state index contributed by atoms with van der Waals surface area (Å²) in [5.74, 6) is -2.56. The second-order valence-corrected chi connectivity index (χ2v) is 11.6. The van der Waals surface area contributed by atoms with Crippen LogP contribution in [0.5, 0.6) is 0 Å². The van der Waals surface area contributed by atoms with Crippen molar-refractivity contribution >= 4 is 23.7 Å². The molecule has 1 heterocycles. The number of carbonyl (C=O) groups is 3. The Morgan fingerprint density at radius 3 is 2.19 bits per heavy atom. The number of ether oxygens (including phenoxy) is 3. The SMILES string of the molecule is CC(C)(C)OC(=O)N[C@@H](Cc1ccccc1)[C@H]1OC(C)(C)O[C@@H]1[C@H](NC(=O)CCCC(=O)O)c1ccc([N+](=O)[O-])cc1. The molecule has 1 fully saturated rings. The highest BCUT2D eigenvalue weighted by molar-refractivity contribution is 5.77. The highest BCUT2D eigenvalue weighted by Crippen LogP contribution is 2.38. The number of hydrogen-bond donors (Lipinski definition) is 3. The van der Waals surface area contributed by atoms with E-state index in [1.54, 1.807) is 34.6 Å². The normalized spacial score (nSPS) is 19.4. The first-order valence-corrected chi connectivity index (χ1v) is 13.8. The zero-order chi connectivity index (χ0) is 31.1. The number of nitrogens with one attached hydrogen (secondary N) is 2. The number of carboxylic acids is 1. The third kappa shape index (κ3) is 9.81. The smallest absolute Gasteiger partial charge is 0.407 e. The Morgan fingerprint density at radius 2 is 1.62 bits per heavy atom. The Balaban J connectivity index is 2.00. The van der Waals surface area contributed by atoms with Crippen LogP contribution < -0.4 is 10.6 Å². The molecule has 0 saturated carbocycles. The minimum absolute atomic E-state index is 0.0545. The quantitative estimate of drug-likeness (QED) is 0.237. The van der Waals surface area contributed by atoms with Gasteiger partial charge in [-0.05, 0) is 58.6 Å². The number of non-ortho nitro benzene ring substituents is 1. The van der Waals surface area contributed by atoms with Gasteiger partial charge in [0.2, 0.25) is 5.91 Å². The van der Waals surface area contributed by atoms with Crippen molar-refractivity contribution in [3.05, 3.63) is 75.8 Å². The molecule has 42 heavy (non-hydrogen) atoms. The number of nitro benzene ring substituents is 1. The van der Waals surface area contributed by atoms with E-state index in [1.807, 2.05) is 30.3 Å². The van der Waals surface area contributed by atoms with Crippen LogP contribution in [0.3, 0.4) is 0 Å². The average molecular weight is 586 g/mol. The van der Waals surface area contributed by atoms with E-state index in [0.717, 1.165) is 5.56 Å². The van der Waals surface area contributed by atoms with Crippen LogP contribution in [-0.4, -0.2) is 57.6 Å². The molecule has 2 amide bonds. The number of hydrogen-bond acceptors (Lipinski definition) is 8. The van der Waals surface area contributed by atoms with Gasteiger partial charge in [0.25, 0.3) is 5.69 Å². The van der Waals surface area contributed by atoms with Gasteiger partial charge < -0.3 is 30.0 Å². The first-order chi connectivity index (χ1) is 19.6. The van der Waals surface area contributed by atoms with E-state index in [0.29, 0.717) is 12.0 Å². The fourth-order valence-corrected chi connectivity index (χ4v) is 4.77. The lowest BCUT2D eigenvalue weighted by Gasteiger charge is -2.33. The molecule has 3 rings (SSSR count). The number of carbonyl (C=O) groups excluding carboxylic acids is 2. The van der Waals surface area contributed by atoms with E-state index in [2.05, 4.69) is 10.6 Å². The van der Waals surface area contributed by atoms with Gasteiger partial charge in [-0.15, -0.1) is 0 Å². The number of aliphatic carboxylic acids is 1. The van der Waals surface area contributed by atoms with Crippen molar-refractivity contribution in [1.82, 2.24) is 10.6 Å². The lowest BCUT2D eigenvalue weighted by Crippen LogP contribution is -2.53. The molecule has 1 aliphatic heterocycles. The van der Waals surface area contributed by atoms with Crippen LogP contribution in [-0.2, 0) is 30.2 Å². The van der Waals surface area contributed by atoms with Gasteiger partial charge in [0.15, 0.2) is 5.79 Å². The number of nitrogens with zero attached hydrogens (tertiary/aromatic N) is 1. The fourth-order valence-electron chi connectivity index (χ4n) is 4.77. The molecule has 2 aromatic rings. The van der Waals surface area contributed by atoms with Crippen molar-refractivity contribution in [3.8, 4) is 0 Å². The van der Waals surface area contributed by atoms with Crippen LogP contribution in [0.2, 0.25) is 0 Å². The minimum Gasteiger partial charge on any atom is -0.481 e. The first kappa shape index (κ1) is 32.5. The molecule has 12 nitrogen and oxygen atoms in total. The third-order valence-electron chi connectivity index (χ3n) is 6.46. The third-order valence-corrected chi connectivity index (χ3v) is 6.46. The summed E-state index contributed by atoms with van der Waals surface area (Å²) in [4.78, 5) is 47.7. The molecular weight excluding hydrogens is 546 g/mol. The highest BCUT2D eigenvalue weighted by atomic mass is 16.8. The summed E-state index contributed by atoms with van der Waals surface area (Å²) in [6, 6.07) is 13.7. The molecule has 0 spiro atoms. The molecule has 228 valence electrons. The maximum absolute atomic E-state index is 13.0. The van der Waals surface area contributed by atoms with Gasteiger partial charge >= 0.3 is 12.1 Å². The van der Waals surface area contributed by atoms with Crippen LogP contribution >= 0.6 is 0 Å². The number of alkyl carbamates (subject to hydrolysis) is 1. The van der Waals surface area contributed by atoms with Crippen LogP contribution in [0.4, 0.5) is 10.5 Å². The Hall–Kier alpha value is -4.03. The molecule has 0 aliphatic carbocycles. The number of benzene rings is 2. The fraction of sp³-hybridized carbons (Fsp3) is 0.500. The molecule has 12 heteroatoms. The molecule has 2 aromatic carbocycles. The molecule has 1 aliphatic rings. The van der Waals surface area contributed by atoms with E-state index < -0.39 is 58.6 Å². The van der Waals surface area contributed by atoms with Crippen molar-refractivity contribution in [3.63, 3.8) is 0 Å². The van der Waals surface area contributed by atoms with Gasteiger partial charge in [0.05, 0.1) is 17.0 Å². The van der Waals surface area contributed by atoms with Crippen LogP contribution in [0.25, 0.3) is 0 Å². The Morgan fingerprint density at radius 1 is 1.00 bits per heavy atom. The van der Waals surface area contributed by atoms with Crippen LogP contribution in [0.15, 0.2) is 54.6 Å². The van der Waals surface area contributed by atoms with Crippen molar-refractivity contribution in [2.24, 2.45) is 0 Å². The van der Waals surface area contributed by atoms with E-state index in [-0.39, 0.29) is 24.9 Å². The van der Waals surface area contributed by atoms with Crippen molar-refractivity contribution < 1.29 is 38.6 Å². The number of nitro groups is 1. The highest BCUT2D eigenvalue weighted by Gasteiger charge is 2.50. The van der Waals surface area contributed by atoms with Gasteiger partial charge in [-0.3, -0.25) is 19.7 Å². The number of rotatable bonds is 12. The topological polar surface area (TPSA) is 166 Å². The summed E-state index contributed by atoms with van der Waals surface area (Å²) in [6.45, 7) is 8.70. The monoisotopic (exact) mass is 585 g/mol. The number of carboxylic acid groups (broad SMARTS) is 1. The molecular formula is C30H39N3O9. The lowest BCUT2D eigenvalue weighted by atomic mass is 9.90. The lowest BCUT2D eigenvalue weighted by molar-refractivity contribution is -0.384. The maximum atomic E-state index is 13.0. The number of amides is 2. The zero-order valence-corrected chi connectivity index (χ0v) is 24.5. The van der Waals surface area contributed by atoms with E-state index >= 15 is 0 Å². The van der Waals surface area contributed by atoms with Crippen LogP contribution in [0, 0.1) is 10.1 Å². The minimum atomic E-state index is -1.12. The molecule has 0 aromatic heterocycles. The summed E-state index contributed by atoms with van der Waals surface area (Å²) in [7, 11) is 0. The molecule has 3 N–H and O–H groups in total. The predicted molar refractivity (Wildman–Crippen MR) is 153 cm³/mol. The Labute approximate surface area is 244 Å². The molecule has 0 unspecified atom stereocenters. The molecule has 1 saturated heterocycles. The van der Waals surface area contributed by atoms with E-state index in [4.69, 9.17) is 19.3 Å². The molecule has 0 bridgehead atoms. The van der Waals surface area contributed by atoms with Crippen LogP contribution in [0.1, 0.15) is 71.0 Å². The zero-order valence-electron chi connectivity index (χ0n) is 24.5. The van der Waals surface area contributed by atoms with Gasteiger partial charge in [0.1, 0.15) is 17.8 Å². The molecule has 0 radical (unpaired) electrons. The summed E-state index contributed by atoms with van der Waals surface area (Å²) in [6.07, 6.45) is -2.06. The van der Waals surface area contributed by atoms with Crippen molar-refractivity contribution in [2.75, 3.05) is 0 Å². The maximum Gasteiger partial charge on any atom is 0.407 e. The second kappa shape index (κ2) is 13.8. The second-order valence-electron chi connectivity index (χ2n) is 11.6. The summed E-state index contributed by atoms with van der Waals surface area (Å²) in [5, 5.41) is 26.1. The van der Waals surface area contributed by atoms with Gasteiger partial charge in [0, 0.05) is 25.0 Å². The Kier molecular flexibility index (Phi) is 10.6. The van der Waals surface area contributed by atoms with Crippen molar-refractivity contribution in [1.29, 1.82) is 0 Å². The van der Waals surface area contributed by atoms with E-state index in [1.165, 1.54) is 24.3 Å². The molecule has 4 atom stereocenters. The largest absolute Gasteiger partial charge is 0.481 e. The Bertz CT molecular complexity index is 1240. The predicted octanol–water partition coefficient (Wildman–Crippen LogP) is 4.66. The summed E-state index contributed by atoms with van der Waals surface area (Å²) in [5.41, 5.74) is 0.548. The van der Waals surface area contributed by atoms with Gasteiger partial charge in [-0.25, -0.2) is 4.79 Å². The standard InChI is InChI=1S/C30H39N3O9/c1-29(2,3)42-28(37)31-22(18-19-10-7-6-8-11-19)26-27(41-30(4,5)40-26)25(32-23(34)12-9-13-24(35)36)20-14-16-21(17-15-20)33(38)39/h6-8,10-11,14-17,22,25-27H,9,12-13,18H2,1-5H3,(H,31,37)(H,32,34)(H,35,36)/t22-,25+,26+,27+/m0/s1.